The monoisotopic (exact) mass is 396 g/mol. The van der Waals surface area contributed by atoms with Crippen LogP contribution in [0.2, 0.25) is 0 Å². The van der Waals surface area contributed by atoms with Crippen LogP contribution in [0.1, 0.15) is 80.6 Å². The number of nitrogens with one attached hydrogen (secondary N) is 2. The molecule has 0 aromatic carbocycles. The Kier molecular flexibility index (Phi) is 8.91. The largest absolute Gasteiger partial charge is 0.433 e. The third kappa shape index (κ3) is 8.71. The zero-order valence-corrected chi connectivity index (χ0v) is 18.3. The van der Waals surface area contributed by atoms with Crippen LogP contribution in [-0.2, 0) is 9.68 Å². The molecule has 2 atom stereocenters. The van der Waals surface area contributed by atoms with Gasteiger partial charge in [0.25, 0.3) is 0 Å². The minimum absolute atomic E-state index is 0.0100. The summed E-state index contributed by atoms with van der Waals surface area (Å²) in [6.07, 6.45) is 2.81. The van der Waals surface area contributed by atoms with Crippen molar-refractivity contribution in [1.29, 1.82) is 0 Å². The zero-order valence-electron chi connectivity index (χ0n) is 18.3. The molecule has 28 heavy (non-hydrogen) atoms. The molecule has 0 bridgehead atoms. The molecule has 0 spiro atoms. The van der Waals surface area contributed by atoms with Crippen LogP contribution in [0, 0.1) is 10.8 Å². The molecular weight excluding hydrogens is 360 g/mol. The average Bonchev–Trinajstić information content (AvgIpc) is 2.60. The van der Waals surface area contributed by atoms with E-state index in [1.165, 1.54) is 0 Å². The Hall–Kier alpha value is -2.12. The maximum Gasteiger partial charge on any atom is 0.433 e. The second kappa shape index (κ2) is 10.4. The van der Waals surface area contributed by atoms with Gasteiger partial charge in [0.2, 0.25) is 0 Å². The van der Waals surface area contributed by atoms with Gasteiger partial charge in [-0.1, -0.05) is 44.9 Å². The van der Waals surface area contributed by atoms with E-state index in [2.05, 4.69) is 41.7 Å². The average molecular weight is 397 g/mol. The van der Waals surface area contributed by atoms with E-state index in [-0.39, 0.29) is 16.9 Å². The summed E-state index contributed by atoms with van der Waals surface area (Å²) in [5, 5.41) is 13.3. The van der Waals surface area contributed by atoms with Crippen LogP contribution in [0.15, 0.2) is 10.3 Å². The molecule has 0 radical (unpaired) electrons. The van der Waals surface area contributed by atoms with Gasteiger partial charge in [-0.05, 0) is 56.8 Å². The molecule has 0 heterocycles. The van der Waals surface area contributed by atoms with Crippen LogP contribution in [0.5, 0.6) is 0 Å². The SMILES string of the molecule is CC/C(C)=N/OC(=O)NCC1(C)CC(NC(=O)O/N=C(\C)CC)CC(C)(C)C1. The quantitative estimate of drug-likeness (QED) is 0.373. The summed E-state index contributed by atoms with van der Waals surface area (Å²) in [5.74, 6) is 0. The van der Waals surface area contributed by atoms with Gasteiger partial charge in [0.15, 0.2) is 0 Å². The van der Waals surface area contributed by atoms with Crippen molar-refractivity contribution in [3.63, 3.8) is 0 Å². The second-order valence-corrected chi connectivity index (χ2v) is 8.87. The Labute approximate surface area is 168 Å². The summed E-state index contributed by atoms with van der Waals surface area (Å²) in [5.41, 5.74) is 1.33. The maximum atomic E-state index is 12.1. The molecule has 0 aromatic heterocycles. The third-order valence-corrected chi connectivity index (χ3v) is 5.02. The van der Waals surface area contributed by atoms with E-state index in [0.717, 1.165) is 43.5 Å². The van der Waals surface area contributed by atoms with Crippen LogP contribution in [0.4, 0.5) is 9.59 Å². The Bertz CT molecular complexity index is 615. The molecule has 8 heteroatoms. The number of nitrogens with zero attached hydrogens (tertiary/aromatic N) is 2. The van der Waals surface area contributed by atoms with Crippen molar-refractivity contribution < 1.29 is 19.3 Å². The number of rotatable bonds is 7. The van der Waals surface area contributed by atoms with Crippen LogP contribution in [-0.4, -0.2) is 36.2 Å². The summed E-state index contributed by atoms with van der Waals surface area (Å²) >= 11 is 0. The summed E-state index contributed by atoms with van der Waals surface area (Å²) in [6.45, 7) is 14.4. The fourth-order valence-corrected chi connectivity index (χ4v) is 3.75. The van der Waals surface area contributed by atoms with Crippen LogP contribution < -0.4 is 10.6 Å². The number of oxime groups is 2. The second-order valence-electron chi connectivity index (χ2n) is 8.87. The number of hydrogen-bond donors (Lipinski definition) is 2. The molecule has 1 aliphatic carbocycles. The topological polar surface area (TPSA) is 101 Å². The van der Waals surface area contributed by atoms with Crippen molar-refractivity contribution in [3.05, 3.63) is 0 Å². The molecular formula is C20H36N4O4. The fourth-order valence-electron chi connectivity index (χ4n) is 3.75. The summed E-state index contributed by atoms with van der Waals surface area (Å²) in [7, 11) is 0. The third-order valence-electron chi connectivity index (χ3n) is 5.02. The van der Waals surface area contributed by atoms with Gasteiger partial charge in [0.1, 0.15) is 0 Å². The van der Waals surface area contributed by atoms with Gasteiger partial charge in [0, 0.05) is 12.6 Å². The van der Waals surface area contributed by atoms with E-state index >= 15 is 0 Å². The number of carbonyl (C=O) groups excluding carboxylic acids is 2. The van der Waals surface area contributed by atoms with Crippen molar-refractivity contribution in [2.45, 2.75) is 86.6 Å². The molecule has 1 fully saturated rings. The van der Waals surface area contributed by atoms with Crippen LogP contribution in [0.25, 0.3) is 0 Å². The lowest BCUT2D eigenvalue weighted by atomic mass is 9.62. The lowest BCUT2D eigenvalue weighted by Gasteiger charge is -2.46. The molecule has 1 rings (SSSR count). The van der Waals surface area contributed by atoms with Gasteiger partial charge in [0.05, 0.1) is 11.4 Å². The Morgan fingerprint density at radius 1 is 0.964 bits per heavy atom. The van der Waals surface area contributed by atoms with Gasteiger partial charge < -0.3 is 10.6 Å². The highest BCUT2D eigenvalue weighted by Gasteiger charge is 2.42. The first-order valence-electron chi connectivity index (χ1n) is 9.98. The van der Waals surface area contributed by atoms with E-state index in [4.69, 9.17) is 9.68 Å². The summed E-state index contributed by atoms with van der Waals surface area (Å²) in [4.78, 5) is 33.8. The highest BCUT2D eigenvalue weighted by Crippen LogP contribution is 2.45. The Morgan fingerprint density at radius 2 is 1.50 bits per heavy atom. The van der Waals surface area contributed by atoms with Gasteiger partial charge >= 0.3 is 12.2 Å². The van der Waals surface area contributed by atoms with E-state index in [0.29, 0.717) is 6.54 Å². The van der Waals surface area contributed by atoms with E-state index in [9.17, 15) is 9.59 Å². The molecule has 0 saturated heterocycles. The van der Waals surface area contributed by atoms with Gasteiger partial charge in [-0.15, -0.1) is 0 Å². The van der Waals surface area contributed by atoms with Crippen molar-refractivity contribution in [2.75, 3.05) is 6.54 Å². The Morgan fingerprint density at radius 3 is 2.04 bits per heavy atom. The normalized spacial score (nSPS) is 25.0. The molecule has 8 nitrogen and oxygen atoms in total. The minimum atomic E-state index is -0.564. The van der Waals surface area contributed by atoms with Gasteiger partial charge in [-0.25, -0.2) is 9.59 Å². The summed E-state index contributed by atoms with van der Waals surface area (Å²) in [6, 6.07) is -0.0587. The maximum absolute atomic E-state index is 12.1. The first-order valence-corrected chi connectivity index (χ1v) is 9.98. The number of hydrogen-bond acceptors (Lipinski definition) is 6. The molecule has 0 aliphatic heterocycles. The molecule has 2 N–H and O–H groups in total. The first-order chi connectivity index (χ1) is 13.0. The lowest BCUT2D eigenvalue weighted by molar-refractivity contribution is 0.0629. The Balaban J connectivity index is 2.65. The highest BCUT2D eigenvalue weighted by atomic mass is 16.7. The predicted octanol–water partition coefficient (Wildman–Crippen LogP) is 4.60. The number of carbonyl (C=O) groups is 2. The smallest absolute Gasteiger partial charge is 0.319 e. The van der Waals surface area contributed by atoms with E-state index < -0.39 is 12.2 Å². The standard InChI is InChI=1S/C20H36N4O4/c1-8-14(3)23-27-17(25)21-13-20(7)11-16(10-19(5,6)12-20)22-18(26)28-24-15(4)9-2/h16H,8-13H2,1-7H3,(H,21,25)(H,22,26)/b23-14+,24-15+. The highest BCUT2D eigenvalue weighted by molar-refractivity contribution is 5.82. The van der Waals surface area contributed by atoms with Crippen molar-refractivity contribution in [2.24, 2.45) is 21.1 Å². The van der Waals surface area contributed by atoms with Crippen molar-refractivity contribution in [1.82, 2.24) is 10.6 Å². The van der Waals surface area contributed by atoms with Crippen molar-refractivity contribution in [3.8, 4) is 0 Å². The fraction of sp³-hybridized carbons (Fsp3) is 0.800. The molecule has 0 aromatic rings. The molecule has 1 aliphatic rings. The van der Waals surface area contributed by atoms with Crippen LogP contribution in [0.3, 0.4) is 0 Å². The molecule has 160 valence electrons. The molecule has 2 unspecified atom stereocenters. The first kappa shape index (κ1) is 23.9. The van der Waals surface area contributed by atoms with Crippen molar-refractivity contribution >= 4 is 23.6 Å². The summed E-state index contributed by atoms with van der Waals surface area (Å²) < 4.78 is 0. The van der Waals surface area contributed by atoms with Crippen LogP contribution >= 0.6 is 0 Å². The lowest BCUT2D eigenvalue weighted by Crippen LogP contribution is -2.50. The molecule has 1 saturated carbocycles. The predicted molar refractivity (Wildman–Crippen MR) is 110 cm³/mol. The van der Waals surface area contributed by atoms with E-state index in [1.807, 2.05) is 20.8 Å². The van der Waals surface area contributed by atoms with E-state index in [1.54, 1.807) is 6.92 Å². The number of amides is 2. The van der Waals surface area contributed by atoms with Gasteiger partial charge in [-0.2, -0.15) is 0 Å². The zero-order chi connectivity index (χ0) is 21.4. The molecule has 2 amide bonds. The van der Waals surface area contributed by atoms with Gasteiger partial charge in [-0.3, -0.25) is 9.68 Å². The minimum Gasteiger partial charge on any atom is -0.319 e.